The fraction of sp³-hybridized carbons (Fsp3) is 0.143. The zero-order valence-corrected chi connectivity index (χ0v) is 7.19. The first-order valence-corrected chi connectivity index (χ1v) is 3.71. The third-order valence-corrected chi connectivity index (χ3v) is 1.57. The SMILES string of the molecule is O=C(O)COc1ccc[n+]([O-])c1Cl. The number of nitrogens with zero attached hydrogens (tertiary/aromatic N) is 1. The highest BCUT2D eigenvalue weighted by atomic mass is 35.5. The van der Waals surface area contributed by atoms with E-state index in [1.54, 1.807) is 0 Å². The third kappa shape index (κ3) is 2.48. The van der Waals surface area contributed by atoms with Crippen LogP contribution in [0.2, 0.25) is 5.15 Å². The van der Waals surface area contributed by atoms with Gasteiger partial charge in [0.15, 0.2) is 12.8 Å². The summed E-state index contributed by atoms with van der Waals surface area (Å²) in [6, 6.07) is 2.83. The number of carboxylic acid groups (broad SMARTS) is 1. The van der Waals surface area contributed by atoms with E-state index in [4.69, 9.17) is 21.4 Å². The second-order valence-electron chi connectivity index (χ2n) is 2.17. The van der Waals surface area contributed by atoms with Crippen LogP contribution in [0.4, 0.5) is 0 Å². The minimum atomic E-state index is -1.13. The molecule has 1 aromatic rings. The summed E-state index contributed by atoms with van der Waals surface area (Å²) in [5.74, 6) is -1.07. The zero-order valence-electron chi connectivity index (χ0n) is 6.44. The van der Waals surface area contributed by atoms with E-state index in [0.29, 0.717) is 4.73 Å². The van der Waals surface area contributed by atoms with Crippen LogP contribution in [0.25, 0.3) is 0 Å². The second kappa shape index (κ2) is 3.95. The summed E-state index contributed by atoms with van der Waals surface area (Å²) in [7, 11) is 0. The lowest BCUT2D eigenvalue weighted by atomic mass is 10.4. The van der Waals surface area contributed by atoms with Crippen molar-refractivity contribution in [3.8, 4) is 5.75 Å². The Hall–Kier alpha value is -1.49. The maximum atomic E-state index is 10.8. The van der Waals surface area contributed by atoms with Gasteiger partial charge in [0.1, 0.15) is 0 Å². The van der Waals surface area contributed by atoms with Gasteiger partial charge in [0.2, 0.25) is 5.75 Å². The van der Waals surface area contributed by atoms with Crippen LogP contribution in [0.5, 0.6) is 5.75 Å². The van der Waals surface area contributed by atoms with Crippen LogP contribution in [-0.4, -0.2) is 17.7 Å². The highest BCUT2D eigenvalue weighted by molar-refractivity contribution is 6.29. The van der Waals surface area contributed by atoms with Gasteiger partial charge >= 0.3 is 11.1 Å². The molecule has 0 unspecified atom stereocenters. The Balaban J connectivity index is 2.77. The zero-order chi connectivity index (χ0) is 9.84. The van der Waals surface area contributed by atoms with Crippen molar-refractivity contribution in [3.05, 3.63) is 28.7 Å². The number of aromatic nitrogens is 1. The molecule has 0 bridgehead atoms. The molecule has 70 valence electrons. The summed E-state index contributed by atoms with van der Waals surface area (Å²) in [4.78, 5) is 10.1. The quantitative estimate of drug-likeness (QED) is 0.439. The molecule has 1 N–H and O–H groups in total. The molecular weight excluding hydrogens is 198 g/mol. The van der Waals surface area contributed by atoms with Gasteiger partial charge in [-0.1, -0.05) is 0 Å². The summed E-state index contributed by atoms with van der Waals surface area (Å²) in [5, 5.41) is 18.9. The molecule has 0 amide bonds. The molecule has 1 rings (SSSR count). The van der Waals surface area contributed by atoms with E-state index in [0.717, 1.165) is 0 Å². The average molecular weight is 204 g/mol. The highest BCUT2D eigenvalue weighted by Gasteiger charge is 2.11. The minimum absolute atomic E-state index is 0.0570. The van der Waals surface area contributed by atoms with Crippen LogP contribution in [0.15, 0.2) is 18.3 Å². The summed E-state index contributed by atoms with van der Waals surface area (Å²) in [5.41, 5.74) is 0. The van der Waals surface area contributed by atoms with Crippen LogP contribution >= 0.6 is 11.6 Å². The van der Waals surface area contributed by atoms with Gasteiger partial charge in [0, 0.05) is 6.07 Å². The van der Waals surface area contributed by atoms with E-state index in [-0.39, 0.29) is 10.9 Å². The second-order valence-corrected chi connectivity index (χ2v) is 2.53. The number of hydrogen-bond acceptors (Lipinski definition) is 3. The number of pyridine rings is 1. The summed E-state index contributed by atoms with van der Waals surface area (Å²) >= 11 is 5.51. The van der Waals surface area contributed by atoms with Crippen molar-refractivity contribution in [2.75, 3.05) is 6.61 Å². The van der Waals surface area contributed by atoms with Crippen LogP contribution < -0.4 is 9.47 Å². The van der Waals surface area contributed by atoms with E-state index in [1.165, 1.54) is 18.3 Å². The number of hydrogen-bond donors (Lipinski definition) is 1. The van der Waals surface area contributed by atoms with Gasteiger partial charge in [0.25, 0.3) is 0 Å². The van der Waals surface area contributed by atoms with E-state index in [2.05, 4.69) is 0 Å². The Labute approximate surface area is 78.7 Å². The Kier molecular flexibility index (Phi) is 2.92. The van der Waals surface area contributed by atoms with Crippen molar-refractivity contribution in [1.82, 2.24) is 0 Å². The average Bonchev–Trinajstić information content (AvgIpc) is 2.07. The van der Waals surface area contributed by atoms with Crippen molar-refractivity contribution in [2.45, 2.75) is 0 Å². The molecule has 0 radical (unpaired) electrons. The smallest absolute Gasteiger partial charge is 0.341 e. The lowest BCUT2D eigenvalue weighted by Gasteiger charge is -2.04. The van der Waals surface area contributed by atoms with Gasteiger partial charge in [-0.3, -0.25) is 0 Å². The fourth-order valence-electron chi connectivity index (χ4n) is 0.699. The number of rotatable bonds is 3. The van der Waals surface area contributed by atoms with E-state index < -0.39 is 12.6 Å². The first kappa shape index (κ1) is 9.60. The van der Waals surface area contributed by atoms with Gasteiger partial charge in [-0.05, 0) is 17.7 Å². The van der Waals surface area contributed by atoms with Crippen molar-refractivity contribution in [2.24, 2.45) is 0 Å². The monoisotopic (exact) mass is 203 g/mol. The van der Waals surface area contributed by atoms with Crippen molar-refractivity contribution in [3.63, 3.8) is 0 Å². The van der Waals surface area contributed by atoms with E-state index >= 15 is 0 Å². The highest BCUT2D eigenvalue weighted by Crippen LogP contribution is 2.18. The van der Waals surface area contributed by atoms with Gasteiger partial charge in [-0.2, -0.15) is 4.73 Å². The standard InChI is InChI=1S/C7H6ClNO4/c8-7-5(13-4-6(10)11)2-1-3-9(7)12/h1-3H,4H2,(H,10,11). The fourth-order valence-corrected chi connectivity index (χ4v) is 0.872. The Morgan fingerprint density at radius 1 is 1.77 bits per heavy atom. The van der Waals surface area contributed by atoms with Crippen LogP contribution in [0.3, 0.4) is 0 Å². The Morgan fingerprint density at radius 2 is 2.46 bits per heavy atom. The number of halogens is 1. The van der Waals surface area contributed by atoms with Crippen LogP contribution in [-0.2, 0) is 4.79 Å². The van der Waals surface area contributed by atoms with Crippen molar-refractivity contribution >= 4 is 17.6 Å². The summed E-state index contributed by atoms with van der Waals surface area (Å²) in [6.07, 6.45) is 1.19. The largest absolute Gasteiger partial charge is 0.618 e. The topological polar surface area (TPSA) is 73.5 Å². The Morgan fingerprint density at radius 3 is 3.08 bits per heavy atom. The maximum Gasteiger partial charge on any atom is 0.341 e. The molecule has 0 spiro atoms. The third-order valence-electron chi connectivity index (χ3n) is 1.22. The predicted molar refractivity (Wildman–Crippen MR) is 43.5 cm³/mol. The maximum absolute atomic E-state index is 10.8. The molecule has 0 saturated carbocycles. The van der Waals surface area contributed by atoms with Gasteiger partial charge in [0.05, 0.1) is 0 Å². The molecule has 0 aliphatic rings. The predicted octanol–water partition coefficient (Wildman–Crippen LogP) is 0.437. The molecule has 0 atom stereocenters. The molecule has 0 aliphatic heterocycles. The van der Waals surface area contributed by atoms with Crippen molar-refractivity contribution in [1.29, 1.82) is 0 Å². The molecule has 6 heteroatoms. The van der Waals surface area contributed by atoms with Crippen LogP contribution in [0.1, 0.15) is 0 Å². The number of aliphatic carboxylic acids is 1. The molecule has 0 aromatic carbocycles. The number of carbonyl (C=O) groups is 1. The first-order valence-electron chi connectivity index (χ1n) is 3.33. The van der Waals surface area contributed by atoms with E-state index in [9.17, 15) is 10.0 Å². The Bertz CT molecular complexity index is 328. The molecule has 0 aliphatic carbocycles. The number of carboxylic acids is 1. The van der Waals surface area contributed by atoms with Crippen LogP contribution in [0, 0.1) is 5.21 Å². The van der Waals surface area contributed by atoms with Gasteiger partial charge < -0.3 is 15.1 Å². The molecule has 13 heavy (non-hydrogen) atoms. The van der Waals surface area contributed by atoms with Gasteiger partial charge in [-0.25, -0.2) is 4.79 Å². The van der Waals surface area contributed by atoms with Crippen molar-refractivity contribution < 1.29 is 19.4 Å². The molecule has 5 nitrogen and oxygen atoms in total. The lowest BCUT2D eigenvalue weighted by Crippen LogP contribution is -2.27. The van der Waals surface area contributed by atoms with E-state index in [1.807, 2.05) is 0 Å². The number of ether oxygens (including phenoxy) is 1. The molecule has 1 aromatic heterocycles. The normalized spacial score (nSPS) is 9.62. The lowest BCUT2D eigenvalue weighted by molar-refractivity contribution is -0.603. The molecular formula is C7H6ClNO4. The molecule has 0 saturated heterocycles. The summed E-state index contributed by atoms with van der Waals surface area (Å²) in [6.45, 7) is -0.524. The summed E-state index contributed by atoms with van der Waals surface area (Å²) < 4.78 is 5.11. The van der Waals surface area contributed by atoms with Gasteiger partial charge in [-0.15, -0.1) is 0 Å². The first-order chi connectivity index (χ1) is 6.11. The molecule has 0 fully saturated rings. The minimum Gasteiger partial charge on any atom is -0.618 e. The molecule has 1 heterocycles.